The van der Waals surface area contributed by atoms with Crippen LogP contribution in [0.1, 0.15) is 26.5 Å². The lowest BCUT2D eigenvalue weighted by molar-refractivity contribution is 0.355. The molecule has 3 nitrogen and oxygen atoms in total. The van der Waals surface area contributed by atoms with Crippen molar-refractivity contribution in [1.29, 1.82) is 0 Å². The molecule has 0 unspecified atom stereocenters. The fraction of sp³-hybridized carbons (Fsp3) is 0.625. The van der Waals surface area contributed by atoms with E-state index in [1.54, 1.807) is 4.68 Å². The van der Waals surface area contributed by atoms with Crippen molar-refractivity contribution in [3.8, 4) is 0 Å². The third-order valence-corrected chi connectivity index (χ3v) is 2.05. The molecule has 0 aromatic carbocycles. The van der Waals surface area contributed by atoms with E-state index in [0.29, 0.717) is 10.8 Å². The molecule has 0 saturated heterocycles. The zero-order chi connectivity index (χ0) is 9.52. The smallest absolute Gasteiger partial charge is 0.150 e. The van der Waals surface area contributed by atoms with E-state index in [1.165, 1.54) is 0 Å². The molecule has 12 heavy (non-hydrogen) atoms. The summed E-state index contributed by atoms with van der Waals surface area (Å²) in [6.45, 7) is 7.95. The molecule has 0 aliphatic heterocycles. The van der Waals surface area contributed by atoms with Crippen LogP contribution < -0.4 is 5.73 Å². The first-order chi connectivity index (χ1) is 5.34. The molecule has 1 rings (SSSR count). The van der Waals surface area contributed by atoms with E-state index in [9.17, 15) is 0 Å². The fourth-order valence-corrected chi connectivity index (χ4v) is 1.38. The molecule has 4 heteroatoms. The van der Waals surface area contributed by atoms with Gasteiger partial charge in [-0.2, -0.15) is 5.10 Å². The molecular formula is C8H14ClN3. The highest BCUT2D eigenvalue weighted by atomic mass is 35.5. The average molecular weight is 188 g/mol. The minimum atomic E-state index is -0.112. The van der Waals surface area contributed by atoms with Crippen LogP contribution in [0.5, 0.6) is 0 Å². The Labute approximate surface area is 77.5 Å². The summed E-state index contributed by atoms with van der Waals surface area (Å²) in [4.78, 5) is 0. The molecule has 0 fully saturated rings. The van der Waals surface area contributed by atoms with Gasteiger partial charge in [-0.25, -0.2) is 4.68 Å². The molecule has 0 spiro atoms. The van der Waals surface area contributed by atoms with Crippen LogP contribution in [0.25, 0.3) is 0 Å². The molecule has 1 heterocycles. The van der Waals surface area contributed by atoms with Crippen LogP contribution >= 0.6 is 11.6 Å². The zero-order valence-electron chi connectivity index (χ0n) is 7.85. The highest BCUT2D eigenvalue weighted by molar-refractivity contribution is 6.32. The van der Waals surface area contributed by atoms with Crippen molar-refractivity contribution in [3.05, 3.63) is 10.8 Å². The fourth-order valence-electron chi connectivity index (χ4n) is 0.956. The number of halogens is 1. The molecule has 0 amide bonds. The van der Waals surface area contributed by atoms with Gasteiger partial charge < -0.3 is 5.73 Å². The third-order valence-electron chi connectivity index (χ3n) is 1.68. The first-order valence-electron chi connectivity index (χ1n) is 3.85. The Morgan fingerprint density at radius 3 is 2.08 bits per heavy atom. The Balaban J connectivity index is 3.28. The van der Waals surface area contributed by atoms with Gasteiger partial charge in [0.05, 0.1) is 16.9 Å². The molecule has 1 aromatic heterocycles. The summed E-state index contributed by atoms with van der Waals surface area (Å²) in [7, 11) is 0. The Bertz CT molecular complexity index is 296. The van der Waals surface area contributed by atoms with Gasteiger partial charge in [-0.15, -0.1) is 0 Å². The first-order valence-corrected chi connectivity index (χ1v) is 4.23. The molecule has 0 aliphatic rings. The van der Waals surface area contributed by atoms with E-state index in [1.807, 2.05) is 27.7 Å². The quantitative estimate of drug-likeness (QED) is 0.677. The van der Waals surface area contributed by atoms with Crippen LogP contribution in [0.4, 0.5) is 5.69 Å². The topological polar surface area (TPSA) is 43.8 Å². The molecule has 0 radical (unpaired) electrons. The lowest BCUT2D eigenvalue weighted by Crippen LogP contribution is -2.23. The minimum Gasteiger partial charge on any atom is -0.395 e. The number of aryl methyl sites for hydroxylation is 1. The number of hydrogen-bond acceptors (Lipinski definition) is 2. The van der Waals surface area contributed by atoms with E-state index in [4.69, 9.17) is 17.3 Å². The van der Waals surface area contributed by atoms with E-state index in [-0.39, 0.29) is 5.54 Å². The van der Waals surface area contributed by atoms with Gasteiger partial charge in [0.25, 0.3) is 0 Å². The molecule has 1 aromatic rings. The molecule has 0 aliphatic carbocycles. The van der Waals surface area contributed by atoms with Crippen LogP contribution in [0, 0.1) is 6.92 Å². The number of hydrogen-bond donors (Lipinski definition) is 1. The van der Waals surface area contributed by atoms with Gasteiger partial charge in [-0.05, 0) is 27.7 Å². The van der Waals surface area contributed by atoms with Crippen LogP contribution in [0.15, 0.2) is 0 Å². The maximum atomic E-state index is 5.97. The summed E-state index contributed by atoms with van der Waals surface area (Å²) in [5, 5.41) is 4.77. The van der Waals surface area contributed by atoms with Crippen molar-refractivity contribution in [2.45, 2.75) is 33.2 Å². The van der Waals surface area contributed by atoms with E-state index >= 15 is 0 Å². The van der Waals surface area contributed by atoms with Gasteiger partial charge >= 0.3 is 0 Å². The van der Waals surface area contributed by atoms with Crippen molar-refractivity contribution >= 4 is 17.3 Å². The zero-order valence-corrected chi connectivity index (χ0v) is 8.61. The van der Waals surface area contributed by atoms with Crippen LogP contribution in [0.2, 0.25) is 5.15 Å². The van der Waals surface area contributed by atoms with Gasteiger partial charge in [0, 0.05) is 0 Å². The second-order valence-corrected chi connectivity index (χ2v) is 4.23. The highest BCUT2D eigenvalue weighted by Gasteiger charge is 2.20. The summed E-state index contributed by atoms with van der Waals surface area (Å²) in [5.41, 5.74) is 6.93. The highest BCUT2D eigenvalue weighted by Crippen LogP contribution is 2.27. The van der Waals surface area contributed by atoms with Crippen LogP contribution in [-0.4, -0.2) is 9.78 Å². The summed E-state index contributed by atoms with van der Waals surface area (Å²) >= 11 is 5.97. The van der Waals surface area contributed by atoms with Gasteiger partial charge in [-0.3, -0.25) is 0 Å². The molecular weight excluding hydrogens is 174 g/mol. The molecule has 0 saturated carbocycles. The Morgan fingerprint density at radius 2 is 1.92 bits per heavy atom. The number of aromatic nitrogens is 2. The van der Waals surface area contributed by atoms with E-state index in [0.717, 1.165) is 5.69 Å². The standard InChI is InChI=1S/C8H14ClN3/c1-5-6(10)7(9)12(11-5)8(2,3)4/h10H2,1-4H3. The average Bonchev–Trinajstić information content (AvgIpc) is 2.15. The first kappa shape index (κ1) is 9.39. The number of nitrogens with zero attached hydrogens (tertiary/aromatic N) is 2. The summed E-state index contributed by atoms with van der Waals surface area (Å²) < 4.78 is 1.74. The van der Waals surface area contributed by atoms with Crippen LogP contribution in [0.3, 0.4) is 0 Å². The number of anilines is 1. The predicted molar refractivity (Wildman–Crippen MR) is 51.4 cm³/mol. The van der Waals surface area contributed by atoms with Crippen molar-refractivity contribution < 1.29 is 0 Å². The van der Waals surface area contributed by atoms with E-state index in [2.05, 4.69) is 5.10 Å². The number of rotatable bonds is 0. The monoisotopic (exact) mass is 187 g/mol. The molecule has 0 bridgehead atoms. The number of nitrogens with two attached hydrogens (primary N) is 1. The summed E-state index contributed by atoms with van der Waals surface area (Å²) in [6, 6.07) is 0. The third kappa shape index (κ3) is 1.41. The Kier molecular flexibility index (Phi) is 2.08. The maximum Gasteiger partial charge on any atom is 0.150 e. The molecule has 0 atom stereocenters. The Morgan fingerprint density at radius 1 is 1.42 bits per heavy atom. The lowest BCUT2D eigenvalue weighted by atomic mass is 10.1. The second-order valence-electron chi connectivity index (χ2n) is 3.87. The van der Waals surface area contributed by atoms with Crippen molar-refractivity contribution in [2.24, 2.45) is 0 Å². The molecule has 2 N–H and O–H groups in total. The minimum absolute atomic E-state index is 0.112. The predicted octanol–water partition coefficient (Wildman–Crippen LogP) is 2.18. The SMILES string of the molecule is Cc1nn(C(C)(C)C)c(Cl)c1N. The Hall–Kier alpha value is -0.700. The largest absolute Gasteiger partial charge is 0.395 e. The van der Waals surface area contributed by atoms with Crippen LogP contribution in [-0.2, 0) is 5.54 Å². The summed E-state index contributed by atoms with van der Waals surface area (Å²) in [6.07, 6.45) is 0. The second kappa shape index (κ2) is 2.66. The van der Waals surface area contributed by atoms with Crippen molar-refractivity contribution in [3.63, 3.8) is 0 Å². The van der Waals surface area contributed by atoms with Gasteiger partial charge in [-0.1, -0.05) is 11.6 Å². The lowest BCUT2D eigenvalue weighted by Gasteiger charge is -2.20. The van der Waals surface area contributed by atoms with Gasteiger partial charge in [0.1, 0.15) is 0 Å². The van der Waals surface area contributed by atoms with Crippen molar-refractivity contribution in [1.82, 2.24) is 9.78 Å². The van der Waals surface area contributed by atoms with E-state index < -0.39 is 0 Å². The van der Waals surface area contributed by atoms with Gasteiger partial charge in [0.15, 0.2) is 5.15 Å². The molecule has 68 valence electrons. The summed E-state index contributed by atoms with van der Waals surface area (Å²) in [5.74, 6) is 0. The number of nitrogen functional groups attached to an aromatic ring is 1. The van der Waals surface area contributed by atoms with Crippen molar-refractivity contribution in [2.75, 3.05) is 5.73 Å². The maximum absolute atomic E-state index is 5.97. The normalized spacial score (nSPS) is 12.1. The van der Waals surface area contributed by atoms with Gasteiger partial charge in [0.2, 0.25) is 0 Å².